The van der Waals surface area contributed by atoms with Crippen molar-refractivity contribution < 1.29 is 43.1 Å². The molecule has 0 heterocycles. The monoisotopic (exact) mass is 355 g/mol. The first-order chi connectivity index (χ1) is 8.34. The molecule has 0 atom stereocenters. The normalized spacial score (nSPS) is 15.8. The summed E-state index contributed by atoms with van der Waals surface area (Å²) in [7, 11) is -14.7. The fourth-order valence-electron chi connectivity index (χ4n) is 1.51. The van der Waals surface area contributed by atoms with E-state index in [0.29, 0.717) is 4.90 Å². The third-order valence-corrected chi connectivity index (χ3v) is 7.06. The standard InChI is InChI=1S/C7H20NO9P3/c1-6(2,19(12,13)14)8(5-18(9,10)11)7(3,4)20(15,16)17/h5H2,1-4H3,(H2,9,10,11)(H2,12,13,14)(H2,15,16,17). The summed E-state index contributed by atoms with van der Waals surface area (Å²) in [5.74, 6) is 0. The number of rotatable bonds is 6. The van der Waals surface area contributed by atoms with Gasteiger partial charge in [-0.05, 0) is 27.7 Å². The highest BCUT2D eigenvalue weighted by Crippen LogP contribution is 2.62. The molecule has 0 saturated carbocycles. The second-order valence-corrected chi connectivity index (χ2v) is 11.3. The van der Waals surface area contributed by atoms with Crippen molar-refractivity contribution in [2.24, 2.45) is 0 Å². The van der Waals surface area contributed by atoms with Crippen molar-refractivity contribution in [1.29, 1.82) is 0 Å². The van der Waals surface area contributed by atoms with Crippen LogP contribution in [0.5, 0.6) is 0 Å². The van der Waals surface area contributed by atoms with Gasteiger partial charge in [-0.1, -0.05) is 0 Å². The summed E-state index contributed by atoms with van der Waals surface area (Å²) in [4.78, 5) is 55.7. The Morgan fingerprint density at radius 3 is 1.15 bits per heavy atom. The second kappa shape index (κ2) is 5.56. The van der Waals surface area contributed by atoms with Crippen molar-refractivity contribution in [3.8, 4) is 0 Å². The molecule has 0 saturated heterocycles. The summed E-state index contributed by atoms with van der Waals surface area (Å²) in [6.07, 6.45) is -1.21. The van der Waals surface area contributed by atoms with Crippen LogP contribution in [0.1, 0.15) is 27.7 Å². The molecule has 122 valence electrons. The van der Waals surface area contributed by atoms with Gasteiger partial charge < -0.3 is 29.4 Å². The van der Waals surface area contributed by atoms with Crippen LogP contribution < -0.4 is 0 Å². The van der Waals surface area contributed by atoms with E-state index in [-0.39, 0.29) is 0 Å². The molecule has 0 fully saturated rings. The molecule has 6 N–H and O–H groups in total. The molecule has 0 aromatic heterocycles. The van der Waals surface area contributed by atoms with Crippen molar-refractivity contribution in [3.63, 3.8) is 0 Å². The van der Waals surface area contributed by atoms with Crippen LogP contribution in [0.2, 0.25) is 0 Å². The fraction of sp³-hybridized carbons (Fsp3) is 1.00. The van der Waals surface area contributed by atoms with Crippen LogP contribution >= 0.6 is 22.8 Å². The Balaban J connectivity index is 6.09. The summed E-state index contributed by atoms with van der Waals surface area (Å²) in [5.41, 5.74) is 0. The fourth-order valence-corrected chi connectivity index (χ4v) is 4.16. The number of hydrogen-bond donors (Lipinski definition) is 6. The van der Waals surface area contributed by atoms with Gasteiger partial charge in [-0.15, -0.1) is 0 Å². The molecule has 13 heteroatoms. The van der Waals surface area contributed by atoms with Crippen molar-refractivity contribution in [2.75, 3.05) is 6.29 Å². The van der Waals surface area contributed by atoms with Gasteiger partial charge in [0.2, 0.25) is 0 Å². The zero-order valence-corrected chi connectivity index (χ0v) is 14.1. The molecule has 0 radical (unpaired) electrons. The van der Waals surface area contributed by atoms with Gasteiger partial charge in [0, 0.05) is 0 Å². The molecule has 0 spiro atoms. The van der Waals surface area contributed by atoms with Crippen LogP contribution in [0, 0.1) is 0 Å². The van der Waals surface area contributed by atoms with Gasteiger partial charge in [-0.25, -0.2) is 0 Å². The highest BCUT2D eigenvalue weighted by Gasteiger charge is 2.56. The van der Waals surface area contributed by atoms with Gasteiger partial charge in [0.25, 0.3) is 0 Å². The largest absolute Gasteiger partial charge is 0.345 e. The third kappa shape index (κ3) is 4.45. The first-order valence-electron chi connectivity index (χ1n) is 5.27. The van der Waals surface area contributed by atoms with Crippen LogP contribution in [0.4, 0.5) is 0 Å². The third-order valence-electron chi connectivity index (χ3n) is 3.07. The predicted octanol–water partition coefficient (Wildman–Crippen LogP) is 0.251. The minimum atomic E-state index is -4.94. The van der Waals surface area contributed by atoms with Gasteiger partial charge in [0.15, 0.2) is 0 Å². The van der Waals surface area contributed by atoms with E-state index in [1.54, 1.807) is 0 Å². The maximum absolute atomic E-state index is 11.5. The van der Waals surface area contributed by atoms with Crippen LogP contribution in [0.25, 0.3) is 0 Å². The van der Waals surface area contributed by atoms with E-state index in [9.17, 15) is 33.3 Å². The molecule has 0 unspecified atom stereocenters. The average molecular weight is 355 g/mol. The lowest BCUT2D eigenvalue weighted by molar-refractivity contribution is 0.0905. The van der Waals surface area contributed by atoms with Crippen molar-refractivity contribution in [3.05, 3.63) is 0 Å². The van der Waals surface area contributed by atoms with E-state index >= 15 is 0 Å². The molecule has 0 aliphatic rings. The maximum Gasteiger partial charge on any atom is 0.345 e. The Morgan fingerprint density at radius 1 is 0.750 bits per heavy atom. The topological polar surface area (TPSA) is 176 Å². The molecule has 10 nitrogen and oxygen atoms in total. The Bertz CT molecular complexity index is 464. The van der Waals surface area contributed by atoms with E-state index in [1.165, 1.54) is 0 Å². The van der Waals surface area contributed by atoms with E-state index in [4.69, 9.17) is 9.79 Å². The van der Waals surface area contributed by atoms with E-state index < -0.39 is 39.6 Å². The zero-order valence-electron chi connectivity index (χ0n) is 11.4. The van der Waals surface area contributed by atoms with Crippen LogP contribution in [-0.4, -0.2) is 51.1 Å². The molecular formula is C7H20NO9P3. The molecule has 0 aliphatic carbocycles. The summed E-state index contributed by atoms with van der Waals surface area (Å²) in [5, 5.41) is -4.36. The molecule has 20 heavy (non-hydrogen) atoms. The summed E-state index contributed by atoms with van der Waals surface area (Å²) in [6, 6.07) is 0. The molecule has 0 aromatic rings. The highest BCUT2D eigenvalue weighted by molar-refractivity contribution is 7.55. The predicted molar refractivity (Wildman–Crippen MR) is 71.0 cm³/mol. The second-order valence-electron chi connectivity index (χ2n) is 5.31. The summed E-state index contributed by atoms with van der Waals surface area (Å²) < 4.78 is 34.1. The Kier molecular flexibility index (Phi) is 5.67. The molecule has 0 aliphatic heterocycles. The summed E-state index contributed by atoms with van der Waals surface area (Å²) >= 11 is 0. The van der Waals surface area contributed by atoms with Crippen molar-refractivity contribution in [1.82, 2.24) is 4.90 Å². The SMILES string of the molecule is CC(C)(N(CP(=O)(O)O)C(C)(C)P(=O)(O)O)P(=O)(O)O. The summed E-state index contributed by atoms with van der Waals surface area (Å²) in [6.45, 7) is 3.84. The minimum absolute atomic E-state index is 0.461. The zero-order chi connectivity index (χ0) is 16.8. The van der Waals surface area contributed by atoms with Crippen LogP contribution in [0.3, 0.4) is 0 Å². The van der Waals surface area contributed by atoms with Gasteiger partial charge in [0.1, 0.15) is 16.8 Å². The lowest BCUT2D eigenvalue weighted by Crippen LogP contribution is -2.55. The maximum atomic E-state index is 11.5. The Labute approximate surface area is 116 Å². The van der Waals surface area contributed by atoms with Crippen LogP contribution in [0.15, 0.2) is 0 Å². The molecular weight excluding hydrogens is 335 g/mol. The van der Waals surface area contributed by atoms with Gasteiger partial charge in [-0.3, -0.25) is 18.6 Å². The quantitative estimate of drug-likeness (QED) is 0.362. The molecule has 0 aromatic carbocycles. The molecule has 0 bridgehead atoms. The molecule has 0 amide bonds. The van der Waals surface area contributed by atoms with Gasteiger partial charge in [0.05, 0.1) is 0 Å². The molecule has 0 rings (SSSR count). The van der Waals surface area contributed by atoms with Crippen molar-refractivity contribution >= 4 is 22.8 Å². The average Bonchev–Trinajstić information content (AvgIpc) is 2.08. The van der Waals surface area contributed by atoms with Gasteiger partial charge in [-0.2, -0.15) is 0 Å². The lowest BCUT2D eigenvalue weighted by atomic mass is 10.2. The van der Waals surface area contributed by atoms with Gasteiger partial charge >= 0.3 is 22.8 Å². The van der Waals surface area contributed by atoms with E-state index in [2.05, 4.69) is 0 Å². The van der Waals surface area contributed by atoms with Crippen LogP contribution in [-0.2, 0) is 13.7 Å². The minimum Gasteiger partial charge on any atom is -0.324 e. The Morgan fingerprint density at radius 2 is 1.00 bits per heavy atom. The van der Waals surface area contributed by atoms with E-state index in [0.717, 1.165) is 27.7 Å². The highest BCUT2D eigenvalue weighted by atomic mass is 31.2. The lowest BCUT2D eigenvalue weighted by Gasteiger charge is -2.47. The first kappa shape index (κ1) is 20.4. The first-order valence-corrected chi connectivity index (χ1v) is 10.3. The Hall–Kier alpha value is 0.410. The smallest absolute Gasteiger partial charge is 0.324 e. The van der Waals surface area contributed by atoms with E-state index in [1.807, 2.05) is 0 Å². The van der Waals surface area contributed by atoms with Crippen molar-refractivity contribution in [2.45, 2.75) is 38.3 Å². The number of hydrogen-bond acceptors (Lipinski definition) is 4. The number of nitrogens with zero attached hydrogens (tertiary/aromatic N) is 1.